The fraction of sp³-hybridized carbons (Fsp3) is 0. The molecule has 0 spiro atoms. The molecule has 0 fully saturated rings. The Morgan fingerprint density at radius 1 is 1.27 bits per heavy atom. The Kier molecular flexibility index (Phi) is 1.58. The maximum Gasteiger partial charge on any atom is 0.182 e. The first-order chi connectivity index (χ1) is 5.27. The number of rotatable bonds is 0. The maximum absolute atomic E-state index is 5.08. The van der Waals surface area contributed by atoms with Crippen LogP contribution in [0.4, 0.5) is 0 Å². The lowest BCUT2D eigenvalue weighted by molar-refractivity contribution is 0.595. The Morgan fingerprint density at radius 3 is 2.91 bits per heavy atom. The van der Waals surface area contributed by atoms with Crippen LogP contribution in [0.2, 0.25) is 0 Å². The van der Waals surface area contributed by atoms with E-state index in [1.807, 2.05) is 12.1 Å². The number of aromatic nitrogens is 1. The van der Waals surface area contributed by atoms with Gasteiger partial charge in [0.15, 0.2) is 12.0 Å². The number of nitrogens with zero attached hydrogens (tertiary/aromatic N) is 1. The second-order valence-corrected chi connectivity index (χ2v) is 3.16. The van der Waals surface area contributed by atoms with Gasteiger partial charge in [0.25, 0.3) is 0 Å². The van der Waals surface area contributed by atoms with Gasteiger partial charge in [-0.15, -0.1) is 25.3 Å². The van der Waals surface area contributed by atoms with Gasteiger partial charge in [-0.3, -0.25) is 0 Å². The summed E-state index contributed by atoms with van der Waals surface area (Å²) in [5.74, 6) is 0. The molecule has 0 saturated carbocycles. The van der Waals surface area contributed by atoms with E-state index in [0.29, 0.717) is 5.58 Å². The van der Waals surface area contributed by atoms with Crippen LogP contribution in [-0.4, -0.2) is 4.98 Å². The molecule has 0 N–H and O–H groups in total. The first-order valence-electron chi connectivity index (χ1n) is 3.02. The van der Waals surface area contributed by atoms with Crippen LogP contribution >= 0.6 is 25.3 Å². The maximum atomic E-state index is 5.08. The fourth-order valence-electron chi connectivity index (χ4n) is 0.937. The standard InChI is InChI=1S/C7H5NOS2/c10-4-1-5-7(6(11)2-4)9-3-8-5/h1-3,10-11H. The SMILES string of the molecule is Sc1cc(S)c2ocnc2c1. The second-order valence-electron chi connectivity index (χ2n) is 2.17. The summed E-state index contributed by atoms with van der Waals surface area (Å²) in [5, 5.41) is 0. The van der Waals surface area contributed by atoms with Gasteiger partial charge in [0.1, 0.15) is 5.52 Å². The third-order valence-electron chi connectivity index (χ3n) is 1.40. The largest absolute Gasteiger partial charge is 0.442 e. The molecule has 4 heteroatoms. The Hall–Kier alpha value is -0.610. The zero-order valence-corrected chi connectivity index (χ0v) is 7.27. The van der Waals surface area contributed by atoms with Crippen molar-refractivity contribution in [2.24, 2.45) is 0 Å². The molecular weight excluding hydrogens is 178 g/mol. The van der Waals surface area contributed by atoms with Crippen molar-refractivity contribution in [2.75, 3.05) is 0 Å². The summed E-state index contributed by atoms with van der Waals surface area (Å²) >= 11 is 8.38. The minimum atomic E-state index is 0.714. The summed E-state index contributed by atoms with van der Waals surface area (Å²) in [6.45, 7) is 0. The highest BCUT2D eigenvalue weighted by molar-refractivity contribution is 7.81. The molecule has 2 rings (SSSR count). The molecule has 0 unspecified atom stereocenters. The topological polar surface area (TPSA) is 26.0 Å². The summed E-state index contributed by atoms with van der Waals surface area (Å²) in [4.78, 5) is 5.59. The average Bonchev–Trinajstić information content (AvgIpc) is 2.34. The number of fused-ring (bicyclic) bond motifs is 1. The molecule has 11 heavy (non-hydrogen) atoms. The number of hydrogen-bond donors (Lipinski definition) is 2. The highest BCUT2D eigenvalue weighted by atomic mass is 32.1. The molecule has 56 valence electrons. The Balaban J connectivity index is 2.91. The first kappa shape index (κ1) is 7.06. The van der Waals surface area contributed by atoms with Gasteiger partial charge < -0.3 is 4.42 Å². The van der Waals surface area contributed by atoms with Gasteiger partial charge in [-0.25, -0.2) is 4.98 Å². The van der Waals surface area contributed by atoms with Gasteiger partial charge in [-0.2, -0.15) is 0 Å². The third-order valence-corrected chi connectivity index (χ3v) is 1.99. The van der Waals surface area contributed by atoms with E-state index in [1.54, 1.807) is 0 Å². The van der Waals surface area contributed by atoms with E-state index in [4.69, 9.17) is 4.42 Å². The molecule has 0 aliphatic heterocycles. The van der Waals surface area contributed by atoms with Gasteiger partial charge in [0, 0.05) is 4.90 Å². The van der Waals surface area contributed by atoms with E-state index in [0.717, 1.165) is 15.3 Å². The van der Waals surface area contributed by atoms with Crippen molar-refractivity contribution in [3.05, 3.63) is 18.5 Å². The van der Waals surface area contributed by atoms with Crippen LogP contribution in [0.1, 0.15) is 0 Å². The van der Waals surface area contributed by atoms with Gasteiger partial charge in [-0.1, -0.05) is 0 Å². The van der Waals surface area contributed by atoms with Crippen molar-refractivity contribution in [3.63, 3.8) is 0 Å². The van der Waals surface area contributed by atoms with E-state index in [1.165, 1.54) is 6.39 Å². The molecule has 2 nitrogen and oxygen atoms in total. The molecule has 0 bridgehead atoms. The zero-order chi connectivity index (χ0) is 7.84. The molecule has 1 heterocycles. The molecular formula is C7H5NOS2. The lowest BCUT2D eigenvalue weighted by atomic mass is 10.3. The number of thiol groups is 2. The third kappa shape index (κ3) is 1.12. The van der Waals surface area contributed by atoms with Gasteiger partial charge in [-0.05, 0) is 12.1 Å². The fourth-order valence-corrected chi connectivity index (χ4v) is 1.60. The van der Waals surface area contributed by atoms with Gasteiger partial charge in [0.05, 0.1) is 4.90 Å². The van der Waals surface area contributed by atoms with Crippen LogP contribution in [0.5, 0.6) is 0 Å². The van der Waals surface area contributed by atoms with Crippen LogP contribution in [0.15, 0.2) is 32.7 Å². The molecule has 1 aromatic carbocycles. The normalized spacial score (nSPS) is 10.7. The van der Waals surface area contributed by atoms with Crippen molar-refractivity contribution < 1.29 is 4.42 Å². The number of benzene rings is 1. The molecule has 0 saturated heterocycles. The van der Waals surface area contributed by atoms with E-state index in [-0.39, 0.29) is 0 Å². The Morgan fingerprint density at radius 2 is 2.09 bits per heavy atom. The Labute approximate surface area is 74.4 Å². The van der Waals surface area contributed by atoms with Crippen LogP contribution in [0.25, 0.3) is 11.1 Å². The molecule has 1 aromatic heterocycles. The predicted molar refractivity (Wildman–Crippen MR) is 48.5 cm³/mol. The molecule has 2 aromatic rings. The minimum Gasteiger partial charge on any atom is -0.442 e. The van der Waals surface area contributed by atoms with Crippen LogP contribution in [0, 0.1) is 0 Å². The Bertz CT molecular complexity index is 396. The molecule has 0 radical (unpaired) electrons. The smallest absolute Gasteiger partial charge is 0.182 e. The summed E-state index contributed by atoms with van der Waals surface area (Å²) in [5.41, 5.74) is 1.51. The number of hydrogen-bond acceptors (Lipinski definition) is 4. The van der Waals surface area contributed by atoms with Crippen molar-refractivity contribution in [3.8, 4) is 0 Å². The summed E-state index contributed by atoms with van der Waals surface area (Å²) < 4.78 is 5.08. The van der Waals surface area contributed by atoms with Crippen LogP contribution < -0.4 is 0 Å². The monoisotopic (exact) mass is 183 g/mol. The van der Waals surface area contributed by atoms with Crippen LogP contribution in [-0.2, 0) is 0 Å². The predicted octanol–water partition coefficient (Wildman–Crippen LogP) is 2.41. The summed E-state index contributed by atoms with van der Waals surface area (Å²) in [6, 6.07) is 3.65. The highest BCUT2D eigenvalue weighted by Gasteiger charge is 2.02. The average molecular weight is 183 g/mol. The minimum absolute atomic E-state index is 0.714. The lowest BCUT2D eigenvalue weighted by Crippen LogP contribution is -1.71. The van der Waals surface area contributed by atoms with Gasteiger partial charge in [0.2, 0.25) is 0 Å². The summed E-state index contributed by atoms with van der Waals surface area (Å²) in [7, 11) is 0. The quantitative estimate of drug-likeness (QED) is 0.613. The number of oxazole rings is 1. The van der Waals surface area contributed by atoms with E-state index >= 15 is 0 Å². The van der Waals surface area contributed by atoms with Gasteiger partial charge >= 0.3 is 0 Å². The zero-order valence-electron chi connectivity index (χ0n) is 5.48. The highest BCUT2D eigenvalue weighted by Crippen LogP contribution is 2.24. The first-order valence-corrected chi connectivity index (χ1v) is 3.92. The molecule has 0 aliphatic rings. The van der Waals surface area contributed by atoms with Crippen LogP contribution in [0.3, 0.4) is 0 Å². The second kappa shape index (κ2) is 2.46. The van der Waals surface area contributed by atoms with Crippen molar-refractivity contribution in [1.82, 2.24) is 4.98 Å². The lowest BCUT2D eigenvalue weighted by Gasteiger charge is -1.93. The van der Waals surface area contributed by atoms with E-state index in [9.17, 15) is 0 Å². The van der Waals surface area contributed by atoms with E-state index in [2.05, 4.69) is 30.2 Å². The van der Waals surface area contributed by atoms with Crippen molar-refractivity contribution >= 4 is 36.4 Å². The van der Waals surface area contributed by atoms with Crippen molar-refractivity contribution in [2.45, 2.75) is 9.79 Å². The molecule has 0 atom stereocenters. The van der Waals surface area contributed by atoms with E-state index < -0.39 is 0 Å². The molecule has 0 amide bonds. The van der Waals surface area contributed by atoms with Crippen molar-refractivity contribution in [1.29, 1.82) is 0 Å². The molecule has 0 aliphatic carbocycles. The summed E-state index contributed by atoms with van der Waals surface area (Å²) in [6.07, 6.45) is 1.40.